The zero-order valence-corrected chi connectivity index (χ0v) is 13.9. The van der Waals surface area contributed by atoms with E-state index in [1.54, 1.807) is 6.20 Å². The molecule has 6 heteroatoms. The van der Waals surface area contributed by atoms with Crippen LogP contribution in [0.15, 0.2) is 36.7 Å². The molecule has 2 heterocycles. The predicted molar refractivity (Wildman–Crippen MR) is 87.2 cm³/mol. The molecule has 1 aromatic carbocycles. The number of nitrogens with zero attached hydrogens (tertiary/aromatic N) is 2. The van der Waals surface area contributed by atoms with Crippen LogP contribution in [0.3, 0.4) is 0 Å². The molecule has 23 heavy (non-hydrogen) atoms. The summed E-state index contributed by atoms with van der Waals surface area (Å²) in [5.74, 6) is 0.219. The van der Waals surface area contributed by atoms with Gasteiger partial charge in [-0.1, -0.05) is 23.7 Å². The van der Waals surface area contributed by atoms with Crippen LogP contribution in [0, 0.1) is 0 Å². The highest BCUT2D eigenvalue weighted by molar-refractivity contribution is 6.30. The fourth-order valence-electron chi connectivity index (χ4n) is 2.90. The number of ether oxygens (including phenoxy) is 2. The lowest BCUT2D eigenvalue weighted by Gasteiger charge is -2.28. The largest absolute Gasteiger partial charge is 0.394 e. The van der Waals surface area contributed by atoms with Gasteiger partial charge in [-0.3, -0.25) is 0 Å². The van der Waals surface area contributed by atoms with E-state index in [1.807, 2.05) is 42.1 Å². The van der Waals surface area contributed by atoms with Crippen LogP contribution in [0.1, 0.15) is 24.2 Å². The third kappa shape index (κ3) is 3.58. The summed E-state index contributed by atoms with van der Waals surface area (Å²) in [6.07, 6.45) is 5.85. The molecular formula is C17H21ClN2O3. The van der Waals surface area contributed by atoms with Gasteiger partial charge in [0.1, 0.15) is 11.9 Å². The van der Waals surface area contributed by atoms with Crippen LogP contribution < -0.4 is 0 Å². The Morgan fingerprint density at radius 3 is 2.78 bits per heavy atom. The molecule has 0 saturated carbocycles. The summed E-state index contributed by atoms with van der Waals surface area (Å²) in [5, 5.41) is 10.0. The van der Waals surface area contributed by atoms with E-state index in [0.29, 0.717) is 18.1 Å². The van der Waals surface area contributed by atoms with Gasteiger partial charge in [0.25, 0.3) is 0 Å². The van der Waals surface area contributed by atoms with Crippen molar-refractivity contribution in [2.45, 2.75) is 31.2 Å². The van der Waals surface area contributed by atoms with E-state index in [-0.39, 0.29) is 12.7 Å². The number of hydrogen-bond acceptors (Lipinski definition) is 4. The maximum absolute atomic E-state index is 9.36. The summed E-state index contributed by atoms with van der Waals surface area (Å²) in [6, 6.07) is 7.50. The van der Waals surface area contributed by atoms with Crippen LogP contribution in [-0.4, -0.2) is 34.0 Å². The van der Waals surface area contributed by atoms with Crippen LogP contribution in [0.5, 0.6) is 0 Å². The van der Waals surface area contributed by atoms with Gasteiger partial charge in [0.2, 0.25) is 0 Å². The van der Waals surface area contributed by atoms with Gasteiger partial charge < -0.3 is 19.1 Å². The lowest BCUT2D eigenvalue weighted by atomic mass is 9.99. The minimum atomic E-state index is -0.816. The van der Waals surface area contributed by atoms with Crippen molar-refractivity contribution in [3.05, 3.63) is 53.1 Å². The van der Waals surface area contributed by atoms with Crippen molar-refractivity contribution in [2.75, 3.05) is 13.2 Å². The van der Waals surface area contributed by atoms with Crippen molar-refractivity contribution in [3.63, 3.8) is 0 Å². The molecule has 1 aliphatic heterocycles. The first kappa shape index (κ1) is 16.5. The molecule has 2 atom stereocenters. The van der Waals surface area contributed by atoms with Crippen molar-refractivity contribution < 1.29 is 14.6 Å². The Bertz CT molecular complexity index is 644. The molecule has 124 valence electrons. The van der Waals surface area contributed by atoms with Gasteiger partial charge in [0.05, 0.1) is 13.2 Å². The molecule has 1 saturated heterocycles. The molecular weight excluding hydrogens is 316 g/mol. The molecule has 0 bridgehead atoms. The molecule has 2 unspecified atom stereocenters. The van der Waals surface area contributed by atoms with Gasteiger partial charge in [0, 0.05) is 42.9 Å². The Hall–Kier alpha value is -1.40. The molecule has 1 N–H and O–H groups in total. The quantitative estimate of drug-likeness (QED) is 0.881. The highest BCUT2D eigenvalue weighted by atomic mass is 35.5. The summed E-state index contributed by atoms with van der Waals surface area (Å²) in [4.78, 5) is 4.34. The molecule has 1 aromatic heterocycles. The standard InChI is InChI=1S/C17H21ClN2O3/c1-20-10-9-19-16(20)3-2-8-17(22-12-15(11-21)23-17)13-4-6-14(18)7-5-13/h4-7,9-10,15,21H,2-3,8,11-12H2,1H3. The molecule has 3 rings (SSSR count). The van der Waals surface area contributed by atoms with Crippen molar-refractivity contribution in [1.82, 2.24) is 9.55 Å². The summed E-state index contributed by atoms with van der Waals surface area (Å²) in [5.41, 5.74) is 0.928. The van der Waals surface area contributed by atoms with E-state index >= 15 is 0 Å². The number of imidazole rings is 1. The van der Waals surface area contributed by atoms with Crippen molar-refractivity contribution in [1.29, 1.82) is 0 Å². The summed E-state index contributed by atoms with van der Waals surface area (Å²) in [6.45, 7) is 0.343. The maximum Gasteiger partial charge on any atom is 0.195 e. The normalized spacial score (nSPS) is 24.2. The highest BCUT2D eigenvalue weighted by Gasteiger charge is 2.42. The van der Waals surface area contributed by atoms with Crippen molar-refractivity contribution in [3.8, 4) is 0 Å². The molecule has 1 aliphatic rings. The lowest BCUT2D eigenvalue weighted by molar-refractivity contribution is -0.185. The molecule has 0 radical (unpaired) electrons. The molecule has 0 aliphatic carbocycles. The Balaban J connectivity index is 1.73. The third-order valence-corrected chi connectivity index (χ3v) is 4.43. The van der Waals surface area contributed by atoms with Gasteiger partial charge in [0.15, 0.2) is 5.79 Å². The number of rotatable bonds is 6. The van der Waals surface area contributed by atoms with Crippen LogP contribution in [0.2, 0.25) is 5.02 Å². The summed E-state index contributed by atoms with van der Waals surface area (Å²) in [7, 11) is 1.99. The van der Waals surface area contributed by atoms with E-state index in [9.17, 15) is 5.11 Å². The van der Waals surface area contributed by atoms with Gasteiger partial charge in [-0.05, 0) is 18.6 Å². The smallest absolute Gasteiger partial charge is 0.195 e. The number of halogens is 1. The second kappa shape index (κ2) is 7.01. The van der Waals surface area contributed by atoms with Gasteiger partial charge in [-0.2, -0.15) is 0 Å². The predicted octanol–water partition coefficient (Wildman–Crippen LogP) is 2.66. The first-order valence-electron chi connectivity index (χ1n) is 7.78. The lowest BCUT2D eigenvalue weighted by Crippen LogP contribution is -2.29. The maximum atomic E-state index is 9.36. The molecule has 5 nitrogen and oxygen atoms in total. The monoisotopic (exact) mass is 336 g/mol. The van der Waals surface area contributed by atoms with Gasteiger partial charge >= 0.3 is 0 Å². The molecule has 0 amide bonds. The van der Waals surface area contributed by atoms with Crippen LogP contribution in [0.4, 0.5) is 0 Å². The number of aliphatic hydroxyl groups excluding tert-OH is 1. The number of aliphatic hydroxyl groups is 1. The first-order valence-corrected chi connectivity index (χ1v) is 8.15. The van der Waals surface area contributed by atoms with Crippen molar-refractivity contribution >= 4 is 11.6 Å². The fourth-order valence-corrected chi connectivity index (χ4v) is 3.03. The molecule has 2 aromatic rings. The SMILES string of the molecule is Cn1ccnc1CCCC1(c2ccc(Cl)cc2)OCC(CO)O1. The van der Waals surface area contributed by atoms with Gasteiger partial charge in [-0.25, -0.2) is 4.98 Å². The average Bonchev–Trinajstić information content (AvgIpc) is 3.16. The summed E-state index contributed by atoms with van der Waals surface area (Å²) < 4.78 is 14.0. The minimum Gasteiger partial charge on any atom is -0.394 e. The van der Waals surface area contributed by atoms with E-state index in [0.717, 1.165) is 24.2 Å². The van der Waals surface area contributed by atoms with Gasteiger partial charge in [-0.15, -0.1) is 0 Å². The van der Waals surface area contributed by atoms with Crippen LogP contribution >= 0.6 is 11.6 Å². The Kier molecular flexibility index (Phi) is 5.02. The van der Waals surface area contributed by atoms with E-state index in [4.69, 9.17) is 21.1 Å². The Morgan fingerprint density at radius 2 is 2.17 bits per heavy atom. The third-order valence-electron chi connectivity index (χ3n) is 4.17. The van der Waals surface area contributed by atoms with Crippen LogP contribution in [0.25, 0.3) is 0 Å². The highest BCUT2D eigenvalue weighted by Crippen LogP contribution is 2.39. The fraction of sp³-hybridized carbons (Fsp3) is 0.471. The molecule has 0 spiro atoms. The Morgan fingerprint density at radius 1 is 1.39 bits per heavy atom. The minimum absolute atomic E-state index is 0.0469. The van der Waals surface area contributed by atoms with E-state index in [2.05, 4.69) is 4.98 Å². The number of aromatic nitrogens is 2. The number of aryl methyl sites for hydroxylation is 2. The summed E-state index contributed by atoms with van der Waals surface area (Å²) >= 11 is 5.98. The zero-order chi connectivity index (χ0) is 16.3. The van der Waals surface area contributed by atoms with Crippen molar-refractivity contribution in [2.24, 2.45) is 7.05 Å². The van der Waals surface area contributed by atoms with E-state index < -0.39 is 5.79 Å². The Labute approximate surface area is 140 Å². The molecule has 1 fully saturated rings. The van der Waals surface area contributed by atoms with Crippen LogP contribution in [-0.2, 0) is 28.7 Å². The number of hydrogen-bond donors (Lipinski definition) is 1. The average molecular weight is 337 g/mol. The van der Waals surface area contributed by atoms with E-state index in [1.165, 1.54) is 0 Å². The zero-order valence-electron chi connectivity index (χ0n) is 13.1. The number of benzene rings is 1. The first-order chi connectivity index (χ1) is 11.1. The second-order valence-electron chi connectivity index (χ2n) is 5.80. The second-order valence-corrected chi connectivity index (χ2v) is 6.24. The topological polar surface area (TPSA) is 56.5 Å².